The quantitative estimate of drug-likeness (QED) is 0.520. The van der Waals surface area contributed by atoms with Crippen molar-refractivity contribution in [2.24, 2.45) is 22.1 Å². The third kappa shape index (κ3) is 6.81. The second kappa shape index (κ2) is 11.5. The first-order valence-electron chi connectivity index (χ1n) is 11.9. The molecule has 1 aliphatic carbocycles. The second-order valence-corrected chi connectivity index (χ2v) is 10.2. The zero-order chi connectivity index (χ0) is 23.9. The lowest BCUT2D eigenvalue weighted by molar-refractivity contribution is -0.141. The average molecular weight is 448 g/mol. The summed E-state index contributed by atoms with van der Waals surface area (Å²) < 4.78 is 0. The number of carbonyl (C=O) groups excluding carboxylic acids is 3. The number of hydrogen-bond acceptors (Lipinski definition) is 5. The van der Waals surface area contributed by atoms with Gasteiger partial charge in [-0.1, -0.05) is 40.0 Å². The van der Waals surface area contributed by atoms with Crippen LogP contribution in [0.15, 0.2) is 17.4 Å². The highest BCUT2D eigenvalue weighted by Gasteiger charge is 2.41. The Bertz CT molecular complexity index is 734. The summed E-state index contributed by atoms with van der Waals surface area (Å²) in [4.78, 5) is 45.4. The van der Waals surface area contributed by atoms with Crippen molar-refractivity contribution in [2.45, 2.75) is 97.7 Å². The zero-order valence-corrected chi connectivity index (χ0v) is 20.3. The maximum atomic E-state index is 13.5. The molecule has 3 atom stereocenters. The fraction of sp³-hybridized carbons (Fsp3) is 0.750. The predicted molar refractivity (Wildman–Crippen MR) is 127 cm³/mol. The molecule has 0 bridgehead atoms. The molecular weight excluding hydrogens is 406 g/mol. The van der Waals surface area contributed by atoms with Gasteiger partial charge in [0.05, 0.1) is 0 Å². The van der Waals surface area contributed by atoms with Crippen LogP contribution in [-0.4, -0.2) is 53.0 Å². The van der Waals surface area contributed by atoms with Crippen LogP contribution in [0.25, 0.3) is 0 Å². The molecule has 1 heterocycles. The number of amides is 3. The van der Waals surface area contributed by atoms with E-state index >= 15 is 0 Å². The maximum Gasteiger partial charge on any atom is 0.266 e. The highest BCUT2D eigenvalue weighted by atomic mass is 16.2. The van der Waals surface area contributed by atoms with Crippen molar-refractivity contribution in [3.8, 4) is 0 Å². The minimum atomic E-state index is -0.705. The van der Waals surface area contributed by atoms with Crippen LogP contribution in [0.2, 0.25) is 0 Å². The molecule has 0 radical (unpaired) electrons. The molecule has 2 aliphatic rings. The van der Waals surface area contributed by atoms with Gasteiger partial charge in [0.2, 0.25) is 11.8 Å². The van der Waals surface area contributed by atoms with Gasteiger partial charge in [-0.25, -0.2) is 0 Å². The molecule has 2 fully saturated rings. The highest BCUT2D eigenvalue weighted by Crippen LogP contribution is 2.29. The molecule has 2 rings (SSSR count). The van der Waals surface area contributed by atoms with Crippen molar-refractivity contribution in [2.75, 3.05) is 6.54 Å². The standard InChI is InChI=1S/C24H41N5O3/c1-16-10-9-15-29(16)23(32)20(24(3,4)5)28-22(31)19(18-11-7-6-8-12-18)27-21(30)17(2)26-14-13-25/h13-14,16,18-20H,6-12,15,25H2,1-5H3,(H,27,30)(H,28,31)/b14-13-,26-17?/t16?,19?,20-/m1/s1. The smallest absolute Gasteiger partial charge is 0.266 e. The summed E-state index contributed by atoms with van der Waals surface area (Å²) in [5.41, 5.74) is 5.08. The van der Waals surface area contributed by atoms with Crippen LogP contribution in [0.5, 0.6) is 0 Å². The summed E-state index contributed by atoms with van der Waals surface area (Å²) in [6, 6.07) is -1.19. The normalized spacial score (nSPS) is 22.6. The van der Waals surface area contributed by atoms with Crippen LogP contribution in [0.3, 0.4) is 0 Å². The molecule has 0 aromatic rings. The second-order valence-electron chi connectivity index (χ2n) is 10.2. The van der Waals surface area contributed by atoms with E-state index in [1.807, 2.05) is 25.7 Å². The Balaban J connectivity index is 2.23. The van der Waals surface area contributed by atoms with E-state index < -0.39 is 23.4 Å². The van der Waals surface area contributed by atoms with Crippen LogP contribution in [-0.2, 0) is 14.4 Å². The summed E-state index contributed by atoms with van der Waals surface area (Å²) in [6.45, 7) is 10.2. The molecule has 0 aromatic carbocycles. The Morgan fingerprint density at radius 1 is 1.06 bits per heavy atom. The van der Waals surface area contributed by atoms with Crippen molar-refractivity contribution in [1.29, 1.82) is 0 Å². The molecule has 32 heavy (non-hydrogen) atoms. The number of nitrogens with zero attached hydrogens (tertiary/aromatic N) is 2. The van der Waals surface area contributed by atoms with Crippen molar-refractivity contribution in [3.63, 3.8) is 0 Å². The molecule has 2 unspecified atom stereocenters. The summed E-state index contributed by atoms with van der Waals surface area (Å²) in [5, 5.41) is 5.91. The number of rotatable bonds is 7. The Labute approximate surface area is 192 Å². The first-order valence-corrected chi connectivity index (χ1v) is 11.9. The number of nitrogens with two attached hydrogens (primary N) is 1. The summed E-state index contributed by atoms with van der Waals surface area (Å²) >= 11 is 0. The van der Waals surface area contributed by atoms with E-state index in [-0.39, 0.29) is 29.5 Å². The molecule has 8 nitrogen and oxygen atoms in total. The Morgan fingerprint density at radius 2 is 1.72 bits per heavy atom. The van der Waals surface area contributed by atoms with E-state index in [9.17, 15) is 14.4 Å². The SMILES string of the molecule is CC(=N/C=C\N)C(=O)NC(C(=O)N[C@H](C(=O)N1CCCC1C)C(C)(C)C)C1CCCCC1. The molecule has 1 saturated heterocycles. The van der Waals surface area contributed by atoms with Gasteiger partial charge in [-0.15, -0.1) is 0 Å². The van der Waals surface area contributed by atoms with Crippen molar-refractivity contribution in [3.05, 3.63) is 12.4 Å². The van der Waals surface area contributed by atoms with E-state index in [0.29, 0.717) is 0 Å². The molecule has 0 spiro atoms. The lowest BCUT2D eigenvalue weighted by atomic mass is 9.82. The van der Waals surface area contributed by atoms with Gasteiger partial charge in [-0.2, -0.15) is 0 Å². The summed E-state index contributed by atoms with van der Waals surface area (Å²) in [6.07, 6.45) is 9.48. The van der Waals surface area contributed by atoms with Gasteiger partial charge in [-0.05, 0) is 50.9 Å². The summed E-state index contributed by atoms with van der Waals surface area (Å²) in [7, 11) is 0. The van der Waals surface area contributed by atoms with Gasteiger partial charge in [0.1, 0.15) is 17.8 Å². The molecule has 180 valence electrons. The largest absolute Gasteiger partial charge is 0.403 e. The maximum absolute atomic E-state index is 13.5. The first-order chi connectivity index (χ1) is 15.1. The fourth-order valence-corrected chi connectivity index (χ4v) is 4.63. The van der Waals surface area contributed by atoms with Crippen LogP contribution in [0.1, 0.15) is 79.6 Å². The number of carbonyl (C=O) groups is 3. The Kier molecular flexibility index (Phi) is 9.28. The van der Waals surface area contributed by atoms with Crippen LogP contribution >= 0.6 is 0 Å². The van der Waals surface area contributed by atoms with E-state index in [0.717, 1.165) is 51.5 Å². The summed E-state index contributed by atoms with van der Waals surface area (Å²) in [5.74, 6) is -0.712. The third-order valence-corrected chi connectivity index (χ3v) is 6.61. The fourth-order valence-electron chi connectivity index (χ4n) is 4.63. The average Bonchev–Trinajstić information content (AvgIpc) is 3.18. The van der Waals surface area contributed by atoms with Crippen molar-refractivity contribution >= 4 is 23.4 Å². The molecular formula is C24H41N5O3. The van der Waals surface area contributed by atoms with E-state index in [2.05, 4.69) is 22.5 Å². The van der Waals surface area contributed by atoms with Crippen LogP contribution < -0.4 is 16.4 Å². The van der Waals surface area contributed by atoms with E-state index in [4.69, 9.17) is 5.73 Å². The predicted octanol–water partition coefficient (Wildman–Crippen LogP) is 2.48. The van der Waals surface area contributed by atoms with Crippen LogP contribution in [0.4, 0.5) is 0 Å². The number of likely N-dealkylation sites (tertiary alicyclic amines) is 1. The number of nitrogens with one attached hydrogen (secondary N) is 2. The molecule has 0 aromatic heterocycles. The van der Waals surface area contributed by atoms with E-state index in [1.165, 1.54) is 12.4 Å². The van der Waals surface area contributed by atoms with Gasteiger partial charge >= 0.3 is 0 Å². The topological polar surface area (TPSA) is 117 Å². The number of hydrogen-bond donors (Lipinski definition) is 3. The Hall–Kier alpha value is -2.38. The van der Waals surface area contributed by atoms with E-state index in [1.54, 1.807) is 6.92 Å². The molecule has 4 N–H and O–H groups in total. The van der Waals surface area contributed by atoms with Crippen molar-refractivity contribution < 1.29 is 14.4 Å². The van der Waals surface area contributed by atoms with Gasteiger partial charge in [-0.3, -0.25) is 19.4 Å². The van der Waals surface area contributed by atoms with Crippen molar-refractivity contribution in [1.82, 2.24) is 15.5 Å². The zero-order valence-electron chi connectivity index (χ0n) is 20.3. The minimum absolute atomic E-state index is 0.0342. The van der Waals surface area contributed by atoms with Crippen LogP contribution in [0, 0.1) is 11.3 Å². The first kappa shape index (κ1) is 25.9. The third-order valence-electron chi connectivity index (χ3n) is 6.61. The highest BCUT2D eigenvalue weighted by molar-refractivity contribution is 6.38. The lowest BCUT2D eigenvalue weighted by Crippen LogP contribution is -2.60. The van der Waals surface area contributed by atoms with Gasteiger partial charge in [0, 0.05) is 25.0 Å². The molecule has 3 amide bonds. The lowest BCUT2D eigenvalue weighted by Gasteiger charge is -2.37. The molecule has 1 saturated carbocycles. The van der Waals surface area contributed by atoms with Gasteiger partial charge in [0.15, 0.2) is 0 Å². The molecule has 8 heteroatoms. The Morgan fingerprint density at radius 3 is 2.25 bits per heavy atom. The number of aliphatic imine (C=N–C) groups is 1. The molecule has 1 aliphatic heterocycles. The van der Waals surface area contributed by atoms with Gasteiger partial charge in [0.25, 0.3) is 5.91 Å². The minimum Gasteiger partial charge on any atom is -0.403 e. The monoisotopic (exact) mass is 447 g/mol. The van der Waals surface area contributed by atoms with Gasteiger partial charge < -0.3 is 21.3 Å².